The number of aliphatic hydroxyl groups is 3. The first kappa shape index (κ1) is 63.8. The van der Waals surface area contributed by atoms with Gasteiger partial charge in [-0.3, -0.25) is 47.9 Å². The van der Waals surface area contributed by atoms with Crippen LogP contribution in [0.4, 0.5) is 0 Å². The zero-order chi connectivity index (χ0) is 55.7. The molecule has 1 fully saturated rings. The standard InChI is InChI=1S/C47H80N14O13/c1-24(2)21-34-44(71)55-29(11-16-48)39(66)54-32(14-19-51)43(70)61-37(26(4)63)46(73)52-20-15-33(56-40(67)31(13-18-50)57-47(74)38(27(5)64)60-36(65)22-25(3)62)42(69)53-30(12-17-49)41(68)59-35(45(72)58-34)23-28-9-7-6-8-10-28/h6-10,24-27,29-35,37-38,62-64H,11-23,48-51H2,1-5H3,(H,52,73)(H,53,69)(H,54,66)(H,55,71)(H,56,67)(H,57,74)(H,58,72)(H,59,68)(H,60,65)(H,61,70)/t25?,26?,27?,29-,30-,31-,32-,33-,34-,35+,37?,38-/m0/s1. The summed E-state index contributed by atoms with van der Waals surface area (Å²) in [6.07, 6.45) is -5.78. The fourth-order valence-electron chi connectivity index (χ4n) is 7.68. The van der Waals surface area contributed by atoms with Gasteiger partial charge in [-0.05, 0) is 97.0 Å². The molecule has 0 spiro atoms. The summed E-state index contributed by atoms with van der Waals surface area (Å²) in [5.41, 5.74) is 23.9. The van der Waals surface area contributed by atoms with Crippen molar-refractivity contribution in [2.75, 3.05) is 32.7 Å². The van der Waals surface area contributed by atoms with Crippen LogP contribution in [0.25, 0.3) is 0 Å². The average Bonchev–Trinajstić information content (AvgIpc) is 3.32. The molecule has 0 aliphatic carbocycles. The van der Waals surface area contributed by atoms with Gasteiger partial charge in [-0.2, -0.15) is 0 Å². The van der Waals surface area contributed by atoms with Crippen molar-refractivity contribution < 1.29 is 63.3 Å². The minimum absolute atomic E-state index is 0.0536. The highest BCUT2D eigenvalue weighted by Crippen LogP contribution is 2.11. The summed E-state index contributed by atoms with van der Waals surface area (Å²) in [5, 5.41) is 55.8. The predicted octanol–water partition coefficient (Wildman–Crippen LogP) is -6.91. The first-order valence-corrected chi connectivity index (χ1v) is 24.8. The Labute approximate surface area is 430 Å². The lowest BCUT2D eigenvalue weighted by molar-refractivity contribution is -0.136. The van der Waals surface area contributed by atoms with E-state index in [2.05, 4.69) is 53.2 Å². The highest BCUT2D eigenvalue weighted by atomic mass is 16.3. The van der Waals surface area contributed by atoms with Gasteiger partial charge in [0.25, 0.3) is 0 Å². The molecule has 12 atom stereocenters. The molecule has 27 nitrogen and oxygen atoms in total. The molecule has 0 radical (unpaired) electrons. The number of aliphatic hydroxyl groups excluding tert-OH is 3. The van der Waals surface area contributed by atoms with Crippen molar-refractivity contribution in [3.8, 4) is 0 Å². The van der Waals surface area contributed by atoms with E-state index >= 15 is 0 Å². The van der Waals surface area contributed by atoms with E-state index in [9.17, 15) is 63.3 Å². The maximum Gasteiger partial charge on any atom is 0.245 e. The number of hydrogen-bond donors (Lipinski definition) is 17. The van der Waals surface area contributed by atoms with Crippen LogP contribution in [0, 0.1) is 5.92 Å². The van der Waals surface area contributed by atoms with Gasteiger partial charge in [-0.1, -0.05) is 44.2 Å². The molecule has 416 valence electrons. The highest BCUT2D eigenvalue weighted by Gasteiger charge is 2.37. The topological polar surface area (TPSA) is 456 Å². The Balaban J connectivity index is 2.74. The first-order chi connectivity index (χ1) is 35.0. The Morgan fingerprint density at radius 2 is 1.09 bits per heavy atom. The lowest BCUT2D eigenvalue weighted by atomic mass is 10.00. The van der Waals surface area contributed by atoms with E-state index in [1.165, 1.54) is 20.8 Å². The highest BCUT2D eigenvalue weighted by molar-refractivity contribution is 5.99. The fraction of sp³-hybridized carbons (Fsp3) is 0.660. The fourth-order valence-corrected chi connectivity index (χ4v) is 7.68. The molecule has 0 bridgehead atoms. The van der Waals surface area contributed by atoms with Crippen LogP contribution < -0.4 is 76.1 Å². The number of hydrogen-bond acceptors (Lipinski definition) is 17. The minimum atomic E-state index is -1.67. The second kappa shape index (κ2) is 32.7. The average molecular weight is 1050 g/mol. The van der Waals surface area contributed by atoms with Crippen LogP contribution in [0.1, 0.15) is 85.1 Å². The van der Waals surface area contributed by atoms with Crippen molar-refractivity contribution >= 4 is 59.1 Å². The molecule has 1 heterocycles. The monoisotopic (exact) mass is 1050 g/mol. The molecule has 0 saturated carbocycles. The first-order valence-electron chi connectivity index (χ1n) is 24.8. The van der Waals surface area contributed by atoms with Gasteiger partial charge in [0.05, 0.1) is 24.7 Å². The SMILES string of the molecule is CC(C)C[C@@H]1NC(=O)[C@@H](Cc2ccccc2)NC(=O)[C@H](CCN)NC(=O)[C@@H](NC(=O)[C@H](CCN)NC(=O)[C@@H](NC(=O)CC(C)O)C(C)O)CCNC(=O)C(C(C)O)NC(=O)[C@H](CCN)NC(=O)[C@H](CCN)NC1=O. The van der Waals surface area contributed by atoms with Crippen LogP contribution in [0.3, 0.4) is 0 Å². The van der Waals surface area contributed by atoms with Gasteiger partial charge >= 0.3 is 0 Å². The molecule has 74 heavy (non-hydrogen) atoms. The summed E-state index contributed by atoms with van der Waals surface area (Å²) in [4.78, 5) is 138. The van der Waals surface area contributed by atoms with Gasteiger partial charge in [0.2, 0.25) is 59.1 Å². The number of rotatable bonds is 21. The molecule has 1 saturated heterocycles. The van der Waals surface area contributed by atoms with E-state index in [0.29, 0.717) is 5.56 Å². The summed E-state index contributed by atoms with van der Waals surface area (Å²) < 4.78 is 0. The smallest absolute Gasteiger partial charge is 0.245 e. The maximum atomic E-state index is 14.3. The van der Waals surface area contributed by atoms with Crippen LogP contribution >= 0.6 is 0 Å². The molecule has 10 amide bonds. The van der Waals surface area contributed by atoms with Crippen molar-refractivity contribution in [3.63, 3.8) is 0 Å². The third-order valence-electron chi connectivity index (χ3n) is 11.6. The van der Waals surface area contributed by atoms with E-state index in [1.54, 1.807) is 44.2 Å². The lowest BCUT2D eigenvalue weighted by Gasteiger charge is -2.28. The van der Waals surface area contributed by atoms with Crippen LogP contribution in [0.15, 0.2) is 30.3 Å². The second-order valence-corrected chi connectivity index (χ2v) is 18.7. The number of nitrogens with two attached hydrogens (primary N) is 4. The third-order valence-corrected chi connectivity index (χ3v) is 11.6. The van der Waals surface area contributed by atoms with Gasteiger partial charge in [0.1, 0.15) is 54.4 Å². The summed E-state index contributed by atoms with van der Waals surface area (Å²) in [6.45, 7) is 6.24. The Bertz CT molecular complexity index is 2030. The molecule has 2 rings (SSSR count). The zero-order valence-electron chi connectivity index (χ0n) is 42.8. The number of carbonyl (C=O) groups is 10. The predicted molar refractivity (Wildman–Crippen MR) is 269 cm³/mol. The summed E-state index contributed by atoms with van der Waals surface area (Å²) in [6, 6.07) is -4.77. The number of amides is 10. The molecular formula is C47H80N14O13. The van der Waals surface area contributed by atoms with Gasteiger partial charge in [0.15, 0.2) is 0 Å². The van der Waals surface area contributed by atoms with E-state index in [1.807, 2.05) is 0 Å². The number of nitrogens with one attached hydrogen (secondary N) is 10. The normalized spacial score (nSPS) is 24.2. The van der Waals surface area contributed by atoms with Gasteiger partial charge < -0.3 is 91.4 Å². The van der Waals surface area contributed by atoms with Crippen molar-refractivity contribution in [1.82, 2.24) is 53.2 Å². The van der Waals surface area contributed by atoms with Gasteiger partial charge in [-0.15, -0.1) is 0 Å². The van der Waals surface area contributed by atoms with E-state index in [-0.39, 0.29) is 70.6 Å². The van der Waals surface area contributed by atoms with Crippen LogP contribution in [-0.2, 0) is 54.4 Å². The van der Waals surface area contributed by atoms with Crippen molar-refractivity contribution in [3.05, 3.63) is 35.9 Å². The van der Waals surface area contributed by atoms with Crippen molar-refractivity contribution in [2.45, 2.75) is 159 Å². The maximum absolute atomic E-state index is 14.3. The Kier molecular flexibility index (Phi) is 28.2. The van der Waals surface area contributed by atoms with E-state index in [4.69, 9.17) is 22.9 Å². The molecule has 0 aromatic heterocycles. The van der Waals surface area contributed by atoms with Crippen molar-refractivity contribution in [2.24, 2.45) is 28.9 Å². The second-order valence-electron chi connectivity index (χ2n) is 18.7. The summed E-state index contributed by atoms with van der Waals surface area (Å²) in [7, 11) is 0. The number of carbonyl (C=O) groups excluding carboxylic acids is 10. The lowest BCUT2D eigenvalue weighted by Crippen LogP contribution is -2.61. The van der Waals surface area contributed by atoms with Crippen LogP contribution in [0.2, 0.25) is 0 Å². The van der Waals surface area contributed by atoms with Crippen molar-refractivity contribution in [1.29, 1.82) is 0 Å². The third kappa shape index (κ3) is 22.0. The molecule has 1 aromatic rings. The van der Waals surface area contributed by atoms with Crippen LogP contribution in [0.5, 0.6) is 0 Å². The van der Waals surface area contributed by atoms with Gasteiger partial charge in [0, 0.05) is 13.0 Å². The van der Waals surface area contributed by atoms with E-state index < -0.39 is 151 Å². The van der Waals surface area contributed by atoms with Gasteiger partial charge in [-0.25, -0.2) is 0 Å². The largest absolute Gasteiger partial charge is 0.393 e. The molecule has 1 aliphatic rings. The Morgan fingerprint density at radius 3 is 1.58 bits per heavy atom. The quantitative estimate of drug-likeness (QED) is 0.0544. The van der Waals surface area contributed by atoms with Crippen LogP contribution in [-0.4, -0.2) is 180 Å². The summed E-state index contributed by atoms with van der Waals surface area (Å²) >= 11 is 0. The molecule has 27 heteroatoms. The minimum Gasteiger partial charge on any atom is -0.393 e. The molecular weight excluding hydrogens is 969 g/mol. The molecule has 1 aromatic carbocycles. The molecule has 21 N–H and O–H groups in total. The Hall–Kier alpha value is -6.36. The number of benzene rings is 1. The zero-order valence-corrected chi connectivity index (χ0v) is 42.8. The van der Waals surface area contributed by atoms with E-state index in [0.717, 1.165) is 0 Å². The summed E-state index contributed by atoms with van der Waals surface area (Å²) in [5.74, 6) is -9.35. The Morgan fingerprint density at radius 1 is 0.608 bits per heavy atom. The molecule has 4 unspecified atom stereocenters. The molecule has 1 aliphatic heterocycles.